The monoisotopic (exact) mass is 285 g/mol. The summed E-state index contributed by atoms with van der Waals surface area (Å²) in [5.74, 6) is 0.698. The Kier molecular flexibility index (Phi) is 3.64. The molecule has 0 aliphatic carbocycles. The smallest absolute Gasteiger partial charge is 0.313 e. The molecule has 5 heteroatoms. The summed E-state index contributed by atoms with van der Waals surface area (Å²) < 4.78 is 6.96. The van der Waals surface area contributed by atoms with Gasteiger partial charge in [0.1, 0.15) is 5.82 Å². The average molecular weight is 285 g/mol. The van der Waals surface area contributed by atoms with Gasteiger partial charge < -0.3 is 14.2 Å². The second-order valence-electron chi connectivity index (χ2n) is 5.30. The maximum atomic E-state index is 12.0. The van der Waals surface area contributed by atoms with Crippen molar-refractivity contribution >= 4 is 11.7 Å². The zero-order chi connectivity index (χ0) is 14.8. The predicted molar refractivity (Wildman–Crippen MR) is 80.1 cm³/mol. The van der Waals surface area contributed by atoms with Gasteiger partial charge in [-0.05, 0) is 18.1 Å². The van der Waals surface area contributed by atoms with Crippen LogP contribution in [-0.4, -0.2) is 29.2 Å². The van der Waals surface area contributed by atoms with Gasteiger partial charge in [-0.25, -0.2) is 4.98 Å². The van der Waals surface area contributed by atoms with E-state index >= 15 is 0 Å². The molecule has 21 heavy (non-hydrogen) atoms. The summed E-state index contributed by atoms with van der Waals surface area (Å²) in [6.07, 6.45) is 4.53. The Morgan fingerprint density at radius 2 is 2.24 bits per heavy atom. The van der Waals surface area contributed by atoms with Crippen LogP contribution in [0.3, 0.4) is 0 Å². The van der Waals surface area contributed by atoms with Crippen LogP contribution in [0.15, 0.2) is 36.7 Å². The van der Waals surface area contributed by atoms with Gasteiger partial charge in [0.15, 0.2) is 0 Å². The number of aryl methyl sites for hydroxylation is 1. The van der Waals surface area contributed by atoms with Crippen molar-refractivity contribution in [3.05, 3.63) is 48.0 Å². The minimum absolute atomic E-state index is 0.154. The molecule has 110 valence electrons. The van der Waals surface area contributed by atoms with Gasteiger partial charge in [0, 0.05) is 31.7 Å². The molecule has 1 atom stereocenters. The molecule has 1 aromatic carbocycles. The lowest BCUT2D eigenvalue weighted by Crippen LogP contribution is -2.34. The van der Waals surface area contributed by atoms with E-state index in [1.807, 2.05) is 42.2 Å². The van der Waals surface area contributed by atoms with Crippen LogP contribution in [0, 0.1) is 0 Å². The van der Waals surface area contributed by atoms with Gasteiger partial charge in [0.25, 0.3) is 0 Å². The van der Waals surface area contributed by atoms with Crippen LogP contribution in [-0.2, 0) is 23.1 Å². The fraction of sp³-hybridized carbons (Fsp3) is 0.375. The normalized spacial score (nSPS) is 17.4. The third kappa shape index (κ3) is 2.51. The highest BCUT2D eigenvalue weighted by Gasteiger charge is 2.30. The number of imidazole rings is 1. The number of para-hydroxylation sites is 1. The van der Waals surface area contributed by atoms with Crippen LogP contribution in [0.5, 0.6) is 0 Å². The fourth-order valence-electron chi connectivity index (χ4n) is 2.90. The van der Waals surface area contributed by atoms with Crippen molar-refractivity contribution in [3.63, 3.8) is 0 Å². The summed E-state index contributed by atoms with van der Waals surface area (Å²) in [7, 11) is 3.45. The third-order valence-electron chi connectivity index (χ3n) is 4.08. The van der Waals surface area contributed by atoms with Crippen LogP contribution < -0.4 is 4.90 Å². The number of esters is 1. The van der Waals surface area contributed by atoms with Crippen molar-refractivity contribution in [2.45, 2.75) is 18.9 Å². The number of hydrogen-bond acceptors (Lipinski definition) is 4. The Morgan fingerprint density at radius 1 is 1.43 bits per heavy atom. The molecule has 0 saturated heterocycles. The lowest BCUT2D eigenvalue weighted by Gasteiger charge is -2.34. The number of rotatable bonds is 3. The van der Waals surface area contributed by atoms with Crippen LogP contribution in [0.1, 0.15) is 23.7 Å². The molecular formula is C16H19N3O2. The van der Waals surface area contributed by atoms with Crippen molar-refractivity contribution in [2.75, 3.05) is 18.6 Å². The molecule has 2 aromatic rings. The molecule has 0 radical (unpaired) electrons. The van der Waals surface area contributed by atoms with Crippen molar-refractivity contribution in [1.29, 1.82) is 0 Å². The summed E-state index contributed by atoms with van der Waals surface area (Å²) in [5, 5.41) is 0. The number of anilines is 1. The zero-order valence-electron chi connectivity index (χ0n) is 12.3. The standard InChI is InChI=1S/C16H19N3O2/c1-18-10-8-17-15(18)11-19-9-7-13(16(20)21-2)12-5-3-4-6-14(12)19/h3-6,8,10,13H,7,9,11H2,1-2H3. The first-order valence-corrected chi connectivity index (χ1v) is 7.08. The average Bonchev–Trinajstić information content (AvgIpc) is 2.92. The van der Waals surface area contributed by atoms with Gasteiger partial charge in [-0.3, -0.25) is 4.79 Å². The molecule has 3 rings (SSSR count). The number of carbonyl (C=O) groups is 1. The van der Waals surface area contributed by atoms with Crippen LogP contribution in [0.2, 0.25) is 0 Å². The quantitative estimate of drug-likeness (QED) is 0.810. The highest BCUT2D eigenvalue weighted by molar-refractivity contribution is 5.81. The van der Waals surface area contributed by atoms with Gasteiger partial charge >= 0.3 is 5.97 Å². The van der Waals surface area contributed by atoms with Crippen LogP contribution >= 0.6 is 0 Å². The molecule has 0 amide bonds. The van der Waals surface area contributed by atoms with E-state index in [4.69, 9.17) is 4.74 Å². The first-order chi connectivity index (χ1) is 10.2. The van der Waals surface area contributed by atoms with Crippen LogP contribution in [0.4, 0.5) is 5.69 Å². The summed E-state index contributed by atoms with van der Waals surface area (Å²) in [6.45, 7) is 1.57. The van der Waals surface area contributed by atoms with Gasteiger partial charge in [0.2, 0.25) is 0 Å². The molecule has 0 bridgehead atoms. The summed E-state index contributed by atoms with van der Waals surface area (Å²) in [6, 6.07) is 8.05. The molecule has 1 aromatic heterocycles. The van der Waals surface area contributed by atoms with Gasteiger partial charge in [-0.1, -0.05) is 18.2 Å². The second-order valence-corrected chi connectivity index (χ2v) is 5.30. The van der Waals surface area contributed by atoms with E-state index < -0.39 is 0 Å². The lowest BCUT2D eigenvalue weighted by molar-refractivity contribution is -0.142. The van der Waals surface area contributed by atoms with E-state index in [9.17, 15) is 4.79 Å². The molecule has 0 fully saturated rings. The minimum atomic E-state index is -0.163. The van der Waals surface area contributed by atoms with E-state index in [1.165, 1.54) is 7.11 Å². The van der Waals surface area contributed by atoms with Gasteiger partial charge in [-0.15, -0.1) is 0 Å². The maximum Gasteiger partial charge on any atom is 0.313 e. The Hall–Kier alpha value is -2.30. The molecule has 1 aliphatic rings. The molecule has 0 spiro atoms. The largest absolute Gasteiger partial charge is 0.469 e. The number of fused-ring (bicyclic) bond motifs is 1. The Labute approximate surface area is 124 Å². The molecular weight excluding hydrogens is 266 g/mol. The Bertz CT molecular complexity index is 650. The molecule has 1 unspecified atom stereocenters. The Balaban J connectivity index is 1.91. The number of hydrogen-bond donors (Lipinski definition) is 0. The zero-order valence-corrected chi connectivity index (χ0v) is 12.3. The summed E-state index contributed by atoms with van der Waals surface area (Å²) in [5.41, 5.74) is 2.15. The number of nitrogens with zero attached hydrogens (tertiary/aromatic N) is 3. The lowest BCUT2D eigenvalue weighted by atomic mass is 9.90. The molecule has 5 nitrogen and oxygen atoms in total. The van der Waals surface area contributed by atoms with Crippen molar-refractivity contribution < 1.29 is 9.53 Å². The van der Waals surface area contributed by atoms with Crippen molar-refractivity contribution in [2.24, 2.45) is 7.05 Å². The number of benzene rings is 1. The highest BCUT2D eigenvalue weighted by Crippen LogP contribution is 2.36. The predicted octanol–water partition coefficient (Wildman–Crippen LogP) is 2.09. The van der Waals surface area contributed by atoms with Gasteiger partial charge in [-0.2, -0.15) is 0 Å². The number of aromatic nitrogens is 2. The first-order valence-electron chi connectivity index (χ1n) is 7.08. The highest BCUT2D eigenvalue weighted by atomic mass is 16.5. The van der Waals surface area contributed by atoms with E-state index in [2.05, 4.69) is 16.0 Å². The molecule has 2 heterocycles. The fourth-order valence-corrected chi connectivity index (χ4v) is 2.90. The van der Waals surface area contributed by atoms with Crippen LogP contribution in [0.25, 0.3) is 0 Å². The summed E-state index contributed by atoms with van der Waals surface area (Å²) >= 11 is 0. The van der Waals surface area contributed by atoms with E-state index in [0.717, 1.165) is 36.6 Å². The molecule has 1 aliphatic heterocycles. The van der Waals surface area contributed by atoms with Gasteiger partial charge in [0.05, 0.1) is 19.6 Å². The maximum absolute atomic E-state index is 12.0. The molecule has 0 N–H and O–H groups in total. The minimum Gasteiger partial charge on any atom is -0.469 e. The third-order valence-corrected chi connectivity index (χ3v) is 4.08. The SMILES string of the molecule is COC(=O)C1CCN(Cc2nccn2C)c2ccccc21. The number of methoxy groups -OCH3 is 1. The first kappa shape index (κ1) is 13.7. The topological polar surface area (TPSA) is 47.4 Å². The van der Waals surface area contributed by atoms with E-state index in [-0.39, 0.29) is 11.9 Å². The van der Waals surface area contributed by atoms with E-state index in [0.29, 0.717) is 0 Å². The molecule has 0 saturated carbocycles. The van der Waals surface area contributed by atoms with E-state index in [1.54, 1.807) is 0 Å². The van der Waals surface area contributed by atoms with Crippen molar-refractivity contribution in [1.82, 2.24) is 9.55 Å². The Morgan fingerprint density at radius 3 is 2.95 bits per heavy atom. The second kappa shape index (κ2) is 5.60. The summed E-state index contributed by atoms with van der Waals surface area (Å²) in [4.78, 5) is 18.6. The number of carbonyl (C=O) groups excluding carboxylic acids is 1. The van der Waals surface area contributed by atoms with Crippen molar-refractivity contribution in [3.8, 4) is 0 Å². The number of ether oxygens (including phenoxy) is 1.